The minimum absolute atomic E-state index is 0.0889. The molecule has 19 heavy (non-hydrogen) atoms. The van der Waals surface area contributed by atoms with Gasteiger partial charge >= 0.3 is 6.18 Å². The molecule has 106 valence electrons. The zero-order chi connectivity index (χ0) is 14.7. The Morgan fingerprint density at radius 1 is 1.42 bits per heavy atom. The van der Waals surface area contributed by atoms with Crippen LogP contribution in [0.3, 0.4) is 0 Å². The Labute approximate surface area is 114 Å². The van der Waals surface area contributed by atoms with Crippen molar-refractivity contribution in [1.29, 1.82) is 0 Å². The van der Waals surface area contributed by atoms with Gasteiger partial charge in [-0.3, -0.25) is 4.79 Å². The summed E-state index contributed by atoms with van der Waals surface area (Å²) in [5, 5.41) is 2.42. The standard InChI is InChI=1S/C12H15F3N2OS/c1-11(2,7-19-3)10(18)17-9-6-8(4-5-16-9)12(13,14)15/h4-6H,7H2,1-3H3,(H,16,17,18). The van der Waals surface area contributed by atoms with Crippen molar-refractivity contribution in [3.8, 4) is 0 Å². The van der Waals surface area contributed by atoms with Crippen molar-refractivity contribution in [2.75, 3.05) is 17.3 Å². The highest BCUT2D eigenvalue weighted by Crippen LogP contribution is 2.30. The Hall–Kier alpha value is -1.24. The highest BCUT2D eigenvalue weighted by atomic mass is 32.2. The fourth-order valence-corrected chi connectivity index (χ4v) is 2.24. The van der Waals surface area contributed by atoms with E-state index in [2.05, 4.69) is 10.3 Å². The van der Waals surface area contributed by atoms with Crippen LogP contribution in [0.1, 0.15) is 19.4 Å². The number of hydrogen-bond donors (Lipinski definition) is 1. The van der Waals surface area contributed by atoms with Crippen molar-refractivity contribution in [2.45, 2.75) is 20.0 Å². The number of halogens is 3. The molecular weight excluding hydrogens is 277 g/mol. The molecule has 0 aliphatic carbocycles. The molecule has 0 saturated heterocycles. The van der Waals surface area contributed by atoms with E-state index in [0.717, 1.165) is 18.3 Å². The molecule has 1 aromatic rings. The molecule has 0 bridgehead atoms. The van der Waals surface area contributed by atoms with Gasteiger partial charge in [0, 0.05) is 11.9 Å². The number of carbonyl (C=O) groups excluding carboxylic acids is 1. The number of hydrogen-bond acceptors (Lipinski definition) is 3. The molecule has 7 heteroatoms. The summed E-state index contributed by atoms with van der Waals surface area (Å²) in [7, 11) is 0. The first-order valence-corrected chi connectivity index (χ1v) is 6.90. The lowest BCUT2D eigenvalue weighted by Gasteiger charge is -2.22. The van der Waals surface area contributed by atoms with Gasteiger partial charge in [0.2, 0.25) is 5.91 Å². The number of nitrogens with one attached hydrogen (secondary N) is 1. The maximum atomic E-state index is 12.5. The van der Waals surface area contributed by atoms with E-state index in [1.165, 1.54) is 11.8 Å². The van der Waals surface area contributed by atoms with Gasteiger partial charge < -0.3 is 5.32 Å². The molecule has 1 rings (SSSR count). The van der Waals surface area contributed by atoms with Crippen molar-refractivity contribution in [2.24, 2.45) is 5.41 Å². The summed E-state index contributed by atoms with van der Waals surface area (Å²) in [6, 6.07) is 1.69. The molecule has 0 aromatic carbocycles. The molecule has 1 N–H and O–H groups in total. The van der Waals surface area contributed by atoms with Crippen LogP contribution in [0.25, 0.3) is 0 Å². The second-order valence-electron chi connectivity index (χ2n) is 4.70. The Bertz CT molecular complexity index is 461. The van der Waals surface area contributed by atoms with Crippen LogP contribution in [-0.2, 0) is 11.0 Å². The van der Waals surface area contributed by atoms with Crippen LogP contribution in [0.4, 0.5) is 19.0 Å². The maximum absolute atomic E-state index is 12.5. The lowest BCUT2D eigenvalue weighted by atomic mass is 9.95. The number of pyridine rings is 1. The molecule has 0 radical (unpaired) electrons. The first-order chi connectivity index (χ1) is 8.66. The quantitative estimate of drug-likeness (QED) is 0.924. The minimum atomic E-state index is -4.45. The lowest BCUT2D eigenvalue weighted by Crippen LogP contribution is -2.33. The van der Waals surface area contributed by atoms with Gasteiger partial charge in [0.25, 0.3) is 0 Å². The van der Waals surface area contributed by atoms with E-state index in [9.17, 15) is 18.0 Å². The Morgan fingerprint density at radius 2 is 2.05 bits per heavy atom. The molecule has 0 atom stereocenters. The van der Waals surface area contributed by atoms with Crippen LogP contribution in [0.15, 0.2) is 18.3 Å². The predicted octanol–water partition coefficient (Wildman–Crippen LogP) is 3.43. The summed E-state index contributed by atoms with van der Waals surface area (Å²) in [6.45, 7) is 3.46. The van der Waals surface area contributed by atoms with Gasteiger partial charge in [0.15, 0.2) is 0 Å². The maximum Gasteiger partial charge on any atom is 0.416 e. The topological polar surface area (TPSA) is 42.0 Å². The van der Waals surface area contributed by atoms with Crippen LogP contribution in [0.2, 0.25) is 0 Å². The number of alkyl halides is 3. The molecule has 0 saturated carbocycles. The molecule has 0 spiro atoms. The molecule has 3 nitrogen and oxygen atoms in total. The minimum Gasteiger partial charge on any atom is -0.310 e. The van der Waals surface area contributed by atoms with E-state index in [4.69, 9.17) is 0 Å². The summed E-state index contributed by atoms with van der Waals surface area (Å²) in [5.74, 6) is 0.125. The van der Waals surface area contributed by atoms with E-state index in [1.54, 1.807) is 13.8 Å². The van der Waals surface area contributed by atoms with Gasteiger partial charge in [-0.1, -0.05) is 13.8 Å². The van der Waals surface area contributed by atoms with E-state index in [0.29, 0.717) is 5.75 Å². The first-order valence-electron chi connectivity index (χ1n) is 5.50. The molecular formula is C12H15F3N2OS. The number of anilines is 1. The smallest absolute Gasteiger partial charge is 0.310 e. The lowest BCUT2D eigenvalue weighted by molar-refractivity contribution is -0.137. The highest BCUT2D eigenvalue weighted by molar-refractivity contribution is 7.98. The third-order valence-corrected chi connectivity index (χ3v) is 3.46. The second-order valence-corrected chi connectivity index (χ2v) is 5.56. The number of thioether (sulfide) groups is 1. The first kappa shape index (κ1) is 15.8. The summed E-state index contributed by atoms with van der Waals surface area (Å²) in [6.07, 6.45) is -1.56. The third-order valence-electron chi connectivity index (χ3n) is 2.45. The zero-order valence-electron chi connectivity index (χ0n) is 10.8. The van der Waals surface area contributed by atoms with Gasteiger partial charge in [-0.25, -0.2) is 4.98 Å². The monoisotopic (exact) mass is 292 g/mol. The molecule has 1 aromatic heterocycles. The van der Waals surface area contributed by atoms with Crippen LogP contribution in [0, 0.1) is 5.41 Å². The van der Waals surface area contributed by atoms with Crippen molar-refractivity contribution < 1.29 is 18.0 Å². The van der Waals surface area contributed by atoms with Gasteiger partial charge in [0.1, 0.15) is 5.82 Å². The summed E-state index contributed by atoms with van der Waals surface area (Å²) in [5.41, 5.74) is -1.50. The number of carbonyl (C=O) groups is 1. The second kappa shape index (κ2) is 5.81. The molecule has 0 aliphatic rings. The fraction of sp³-hybridized carbons (Fsp3) is 0.500. The van der Waals surface area contributed by atoms with Crippen LogP contribution < -0.4 is 5.32 Å². The van der Waals surface area contributed by atoms with E-state index in [1.807, 2.05) is 6.26 Å². The molecule has 0 unspecified atom stereocenters. The molecule has 0 fully saturated rings. The van der Waals surface area contributed by atoms with E-state index >= 15 is 0 Å². The van der Waals surface area contributed by atoms with Gasteiger partial charge in [-0.15, -0.1) is 0 Å². The van der Waals surface area contributed by atoms with E-state index in [-0.39, 0.29) is 11.7 Å². The van der Waals surface area contributed by atoms with Crippen molar-refractivity contribution in [3.63, 3.8) is 0 Å². The average molecular weight is 292 g/mol. The largest absolute Gasteiger partial charge is 0.416 e. The van der Waals surface area contributed by atoms with Gasteiger partial charge in [-0.2, -0.15) is 24.9 Å². The number of amides is 1. The summed E-state index contributed by atoms with van der Waals surface area (Å²) >= 11 is 1.49. The van der Waals surface area contributed by atoms with Gasteiger partial charge in [-0.05, 0) is 18.4 Å². The van der Waals surface area contributed by atoms with Crippen LogP contribution in [0.5, 0.6) is 0 Å². The molecule has 1 heterocycles. The van der Waals surface area contributed by atoms with E-state index < -0.39 is 17.2 Å². The SMILES string of the molecule is CSCC(C)(C)C(=O)Nc1cc(C(F)(F)F)ccn1. The summed E-state index contributed by atoms with van der Waals surface area (Å²) < 4.78 is 37.5. The van der Waals surface area contributed by atoms with Gasteiger partial charge in [0.05, 0.1) is 11.0 Å². The summed E-state index contributed by atoms with van der Waals surface area (Å²) in [4.78, 5) is 15.7. The van der Waals surface area contributed by atoms with Crippen LogP contribution >= 0.6 is 11.8 Å². The van der Waals surface area contributed by atoms with Crippen molar-refractivity contribution >= 4 is 23.5 Å². The number of rotatable bonds is 4. The molecule has 1 amide bonds. The predicted molar refractivity (Wildman–Crippen MR) is 70.0 cm³/mol. The van der Waals surface area contributed by atoms with Crippen LogP contribution in [-0.4, -0.2) is 22.9 Å². The Balaban J connectivity index is 2.86. The Morgan fingerprint density at radius 3 is 2.58 bits per heavy atom. The zero-order valence-corrected chi connectivity index (χ0v) is 11.7. The number of aromatic nitrogens is 1. The third kappa shape index (κ3) is 4.41. The normalized spacial score (nSPS) is 12.3. The van der Waals surface area contributed by atoms with Crippen molar-refractivity contribution in [1.82, 2.24) is 4.98 Å². The van der Waals surface area contributed by atoms with Crippen molar-refractivity contribution in [3.05, 3.63) is 23.9 Å². The molecule has 0 aliphatic heterocycles. The average Bonchev–Trinajstić information content (AvgIpc) is 2.28. The number of nitrogens with zero attached hydrogens (tertiary/aromatic N) is 1. The highest BCUT2D eigenvalue weighted by Gasteiger charge is 2.32. The Kier molecular flexibility index (Phi) is 4.84. The fourth-order valence-electron chi connectivity index (χ4n) is 1.39.